The zero-order valence-electron chi connectivity index (χ0n) is 15.4. The quantitative estimate of drug-likeness (QED) is 0.663. The molecule has 1 amide bonds. The summed E-state index contributed by atoms with van der Waals surface area (Å²) in [5.74, 6) is 1.32. The van der Waals surface area contributed by atoms with Crippen LogP contribution in [0.15, 0.2) is 40.8 Å². The molecule has 2 N–H and O–H groups in total. The molecule has 4 rings (SSSR count). The average molecular weight is 389 g/mol. The van der Waals surface area contributed by atoms with Crippen LogP contribution in [-0.4, -0.2) is 26.1 Å². The predicted octanol–water partition coefficient (Wildman–Crippen LogP) is 4.73. The number of piperidine rings is 1. The van der Waals surface area contributed by atoms with Gasteiger partial charge in [0.1, 0.15) is 16.9 Å². The molecule has 1 aromatic heterocycles. The number of ether oxygens (including phenoxy) is 1. The van der Waals surface area contributed by atoms with Crippen LogP contribution in [0.4, 0.5) is 5.69 Å². The molecule has 2 heterocycles. The Morgan fingerprint density at radius 3 is 2.74 bits per heavy atom. The Bertz CT molecular complexity index is 932. The van der Waals surface area contributed by atoms with Crippen LogP contribution in [0.1, 0.15) is 25.7 Å². The van der Waals surface area contributed by atoms with E-state index in [0.717, 1.165) is 54.3 Å². The fraction of sp³-hybridized carbons (Fsp3) is 0.381. The Labute approximate surface area is 164 Å². The number of carbonyl (C=O) groups excluding carboxylic acids is 1. The lowest BCUT2D eigenvalue weighted by atomic mass is 9.93. The zero-order valence-corrected chi connectivity index (χ0v) is 16.2. The van der Waals surface area contributed by atoms with Gasteiger partial charge in [0.25, 0.3) is 0 Å². The molecule has 0 spiro atoms. The number of nitrogens with one attached hydrogen (secondary N) is 2. The van der Waals surface area contributed by atoms with Crippen LogP contribution in [0, 0.1) is 5.92 Å². The van der Waals surface area contributed by atoms with Crippen LogP contribution in [0.3, 0.4) is 0 Å². The molecule has 27 heavy (non-hydrogen) atoms. The number of benzene rings is 2. The van der Waals surface area contributed by atoms with E-state index in [9.17, 15) is 4.79 Å². The number of rotatable bonds is 5. The van der Waals surface area contributed by atoms with Gasteiger partial charge in [-0.25, -0.2) is 0 Å². The summed E-state index contributed by atoms with van der Waals surface area (Å²) in [6.45, 7) is 2.12. The molecular weight excluding hydrogens is 364 g/mol. The van der Waals surface area contributed by atoms with Gasteiger partial charge in [0.15, 0.2) is 0 Å². The molecule has 0 aliphatic carbocycles. The van der Waals surface area contributed by atoms with E-state index < -0.39 is 0 Å². The number of furan rings is 1. The van der Waals surface area contributed by atoms with Gasteiger partial charge in [-0.15, -0.1) is 12.4 Å². The lowest BCUT2D eigenvalue weighted by molar-refractivity contribution is -0.116. The highest BCUT2D eigenvalue weighted by atomic mass is 35.5. The molecule has 1 saturated heterocycles. The monoisotopic (exact) mass is 388 g/mol. The summed E-state index contributed by atoms with van der Waals surface area (Å²) in [4.78, 5) is 12.4. The number of hydrogen-bond donors (Lipinski definition) is 2. The largest absolute Gasteiger partial charge is 0.495 e. The number of amides is 1. The first-order valence-electron chi connectivity index (χ1n) is 9.24. The Balaban J connectivity index is 0.00000210. The topological polar surface area (TPSA) is 63.5 Å². The van der Waals surface area contributed by atoms with Gasteiger partial charge in [-0.3, -0.25) is 4.79 Å². The lowest BCUT2D eigenvalue weighted by Crippen LogP contribution is -2.28. The molecule has 6 heteroatoms. The van der Waals surface area contributed by atoms with E-state index in [-0.39, 0.29) is 18.3 Å². The number of methoxy groups -OCH3 is 1. The van der Waals surface area contributed by atoms with Crippen LogP contribution in [-0.2, 0) is 4.79 Å². The Morgan fingerprint density at radius 2 is 1.96 bits per heavy atom. The normalized spacial score (nSPS) is 14.9. The number of hydrogen-bond acceptors (Lipinski definition) is 4. The van der Waals surface area contributed by atoms with Gasteiger partial charge < -0.3 is 19.8 Å². The maximum absolute atomic E-state index is 12.4. The van der Waals surface area contributed by atoms with E-state index >= 15 is 0 Å². The van der Waals surface area contributed by atoms with Crippen molar-refractivity contribution in [1.82, 2.24) is 5.32 Å². The highest BCUT2D eigenvalue weighted by Crippen LogP contribution is 2.36. The van der Waals surface area contributed by atoms with Crippen molar-refractivity contribution in [3.8, 4) is 5.75 Å². The Morgan fingerprint density at radius 1 is 1.19 bits per heavy atom. The second-order valence-corrected chi connectivity index (χ2v) is 6.93. The van der Waals surface area contributed by atoms with Crippen molar-refractivity contribution in [3.05, 3.63) is 36.4 Å². The molecular formula is C21H25ClN2O3. The summed E-state index contributed by atoms with van der Waals surface area (Å²) in [6, 6.07) is 11.7. The maximum atomic E-state index is 12.4. The number of anilines is 1. The first-order valence-corrected chi connectivity index (χ1v) is 9.24. The third-order valence-electron chi connectivity index (χ3n) is 5.21. The van der Waals surface area contributed by atoms with Crippen molar-refractivity contribution < 1.29 is 13.9 Å². The fourth-order valence-electron chi connectivity index (χ4n) is 3.74. The minimum absolute atomic E-state index is 0. The molecule has 0 saturated carbocycles. The maximum Gasteiger partial charge on any atom is 0.224 e. The second-order valence-electron chi connectivity index (χ2n) is 6.93. The molecule has 144 valence electrons. The van der Waals surface area contributed by atoms with Crippen molar-refractivity contribution in [2.75, 3.05) is 25.5 Å². The smallest absolute Gasteiger partial charge is 0.224 e. The first kappa shape index (κ1) is 19.5. The van der Waals surface area contributed by atoms with Gasteiger partial charge in [0, 0.05) is 23.3 Å². The molecule has 5 nitrogen and oxygen atoms in total. The molecule has 3 aromatic rings. The van der Waals surface area contributed by atoms with Crippen LogP contribution in [0.25, 0.3) is 21.9 Å². The minimum atomic E-state index is 0. The van der Waals surface area contributed by atoms with Crippen molar-refractivity contribution in [2.24, 2.45) is 5.92 Å². The zero-order chi connectivity index (χ0) is 17.9. The van der Waals surface area contributed by atoms with Gasteiger partial charge in [-0.2, -0.15) is 0 Å². The fourth-order valence-corrected chi connectivity index (χ4v) is 3.74. The number of para-hydroxylation sites is 1. The second kappa shape index (κ2) is 8.63. The van der Waals surface area contributed by atoms with E-state index in [1.54, 1.807) is 7.11 Å². The van der Waals surface area contributed by atoms with Gasteiger partial charge in [0.05, 0.1) is 12.8 Å². The van der Waals surface area contributed by atoms with E-state index in [1.807, 2.05) is 36.4 Å². The Kier molecular flexibility index (Phi) is 6.24. The third kappa shape index (κ3) is 4.20. The summed E-state index contributed by atoms with van der Waals surface area (Å²) in [5.41, 5.74) is 2.24. The molecule has 1 fully saturated rings. The molecule has 2 aromatic carbocycles. The number of halogens is 1. The molecule has 0 bridgehead atoms. The summed E-state index contributed by atoms with van der Waals surface area (Å²) in [6.07, 6.45) is 3.78. The van der Waals surface area contributed by atoms with Crippen molar-refractivity contribution >= 4 is 45.9 Å². The summed E-state index contributed by atoms with van der Waals surface area (Å²) in [7, 11) is 1.62. The van der Waals surface area contributed by atoms with E-state index in [4.69, 9.17) is 9.15 Å². The summed E-state index contributed by atoms with van der Waals surface area (Å²) in [5, 5.41) is 8.39. The van der Waals surface area contributed by atoms with Gasteiger partial charge in [-0.05, 0) is 50.4 Å². The van der Waals surface area contributed by atoms with Crippen molar-refractivity contribution in [2.45, 2.75) is 25.7 Å². The predicted molar refractivity (Wildman–Crippen MR) is 111 cm³/mol. The van der Waals surface area contributed by atoms with Gasteiger partial charge in [0.2, 0.25) is 5.91 Å². The van der Waals surface area contributed by atoms with Crippen molar-refractivity contribution in [1.29, 1.82) is 0 Å². The summed E-state index contributed by atoms with van der Waals surface area (Å²) < 4.78 is 11.4. The molecule has 1 aliphatic heterocycles. The molecule has 1 aliphatic rings. The van der Waals surface area contributed by atoms with Gasteiger partial charge >= 0.3 is 0 Å². The summed E-state index contributed by atoms with van der Waals surface area (Å²) >= 11 is 0. The number of carbonyl (C=O) groups is 1. The van der Waals surface area contributed by atoms with Crippen LogP contribution in [0.5, 0.6) is 5.75 Å². The number of fused-ring (bicyclic) bond motifs is 3. The highest BCUT2D eigenvalue weighted by Gasteiger charge is 2.17. The molecule has 0 atom stereocenters. The lowest BCUT2D eigenvalue weighted by Gasteiger charge is -2.22. The van der Waals surface area contributed by atoms with Crippen LogP contribution in [0.2, 0.25) is 0 Å². The van der Waals surface area contributed by atoms with E-state index in [0.29, 0.717) is 23.8 Å². The first-order chi connectivity index (χ1) is 12.7. The van der Waals surface area contributed by atoms with Crippen molar-refractivity contribution in [3.63, 3.8) is 0 Å². The van der Waals surface area contributed by atoms with E-state index in [2.05, 4.69) is 10.6 Å². The standard InChI is InChI=1S/C21H24N2O3.ClH/c1-25-20-12-16-15-4-2-3-5-18(15)26-19(16)13-17(20)23-21(24)7-6-14-8-10-22-11-9-14;/h2-5,12-14,22H,6-11H2,1H3,(H,23,24);1H. The SMILES string of the molecule is COc1cc2c(cc1NC(=O)CCC1CCNCC1)oc1ccccc12.Cl. The van der Waals surface area contributed by atoms with Crippen LogP contribution < -0.4 is 15.4 Å². The molecule has 0 unspecified atom stereocenters. The highest BCUT2D eigenvalue weighted by molar-refractivity contribution is 6.07. The van der Waals surface area contributed by atoms with Gasteiger partial charge in [-0.1, -0.05) is 18.2 Å². The minimum Gasteiger partial charge on any atom is -0.495 e. The third-order valence-corrected chi connectivity index (χ3v) is 5.21. The average Bonchev–Trinajstić information content (AvgIpc) is 3.04. The van der Waals surface area contributed by atoms with Crippen LogP contribution >= 0.6 is 12.4 Å². The van der Waals surface area contributed by atoms with E-state index in [1.165, 1.54) is 0 Å². The molecule has 0 radical (unpaired) electrons. The Hall–Kier alpha value is -2.24.